The molecule has 2 heteroatoms. The molecule has 0 aromatic carbocycles. The fourth-order valence-electron chi connectivity index (χ4n) is 7.95. The van der Waals surface area contributed by atoms with Crippen LogP contribution in [0.2, 0.25) is 0 Å². The molecule has 0 N–H and O–H groups in total. The van der Waals surface area contributed by atoms with E-state index < -0.39 is 0 Å². The Morgan fingerprint density at radius 1 is 1.21 bits per heavy atom. The Kier molecular flexibility index (Phi) is 3.14. The van der Waals surface area contributed by atoms with Crippen molar-refractivity contribution in [1.82, 2.24) is 0 Å². The third kappa shape index (κ3) is 1.80. The summed E-state index contributed by atoms with van der Waals surface area (Å²) in [5.41, 5.74) is 1.80. The molecule has 0 aromatic heterocycles. The molecule has 4 fully saturated rings. The van der Waals surface area contributed by atoms with Crippen LogP contribution in [0.5, 0.6) is 0 Å². The summed E-state index contributed by atoms with van der Waals surface area (Å²) in [5.74, 6) is 5.95. The molecule has 0 bridgehead atoms. The Labute approximate surface area is 145 Å². The summed E-state index contributed by atoms with van der Waals surface area (Å²) in [4.78, 5) is 12.0. The molecule has 0 aliphatic heterocycles. The summed E-state index contributed by atoms with van der Waals surface area (Å²) < 4.78 is 0. The summed E-state index contributed by atoms with van der Waals surface area (Å²) in [6.45, 7) is 4.75. The molecule has 128 valence electrons. The zero-order chi connectivity index (χ0) is 16.6. The second kappa shape index (κ2) is 4.96. The first kappa shape index (κ1) is 15.2. The summed E-state index contributed by atoms with van der Waals surface area (Å²) >= 11 is 0. The lowest BCUT2D eigenvalue weighted by atomic mass is 9.48. The highest BCUT2D eigenvalue weighted by atomic mass is 16.1. The molecule has 2 nitrogen and oxygen atoms in total. The first-order chi connectivity index (χ1) is 11.6. The maximum absolute atomic E-state index is 12.0. The quantitative estimate of drug-likeness (QED) is 0.698. The molecule has 5 aliphatic carbocycles. The minimum absolute atomic E-state index is 0.285. The van der Waals surface area contributed by atoms with Crippen molar-refractivity contribution in [2.24, 2.45) is 52.8 Å². The van der Waals surface area contributed by atoms with E-state index >= 15 is 0 Å². The van der Waals surface area contributed by atoms with Gasteiger partial charge in [-0.3, -0.25) is 4.79 Å². The highest BCUT2D eigenvalue weighted by molar-refractivity contribution is 5.91. The van der Waals surface area contributed by atoms with Crippen molar-refractivity contribution in [2.45, 2.75) is 58.8 Å². The van der Waals surface area contributed by atoms with Crippen molar-refractivity contribution in [2.75, 3.05) is 0 Å². The predicted molar refractivity (Wildman–Crippen MR) is 92.7 cm³/mol. The number of ketones is 1. The van der Waals surface area contributed by atoms with Gasteiger partial charge < -0.3 is 0 Å². The fourth-order valence-corrected chi connectivity index (χ4v) is 7.95. The van der Waals surface area contributed by atoms with Gasteiger partial charge in [0.2, 0.25) is 0 Å². The Morgan fingerprint density at radius 3 is 2.75 bits per heavy atom. The van der Waals surface area contributed by atoms with Gasteiger partial charge in [-0.1, -0.05) is 19.4 Å². The average Bonchev–Trinajstić information content (AvgIpc) is 3.28. The Balaban J connectivity index is 1.53. The number of nitriles is 1. The molecular weight excluding hydrogens is 294 g/mol. The fraction of sp³-hybridized carbons (Fsp3) is 0.818. The lowest BCUT2D eigenvalue weighted by Gasteiger charge is -2.56. The summed E-state index contributed by atoms with van der Waals surface area (Å²) in [6, 6.07) is 2.72. The second-order valence-electron chi connectivity index (χ2n) is 9.66. The monoisotopic (exact) mass is 323 g/mol. The van der Waals surface area contributed by atoms with E-state index in [0.29, 0.717) is 29.5 Å². The van der Waals surface area contributed by atoms with Gasteiger partial charge in [0.05, 0.1) is 12.0 Å². The van der Waals surface area contributed by atoms with E-state index in [9.17, 15) is 10.1 Å². The Bertz CT molecular complexity index is 657. The number of allylic oxidation sites excluding steroid dienone is 1. The molecule has 0 heterocycles. The molecular formula is C22H29NO. The molecule has 5 aliphatic rings. The maximum Gasteiger partial charge on any atom is 0.155 e. The standard InChI is InChI=1S/C22H29NO/c1-3-12-8-18-15(14-5-4-13(24)9-16(12)14)6-7-22(2)20(11-23)17-10-19(17)21(18)22/h9,12,14-15,17-21H,3-8,10H2,1-2H3/t12?,14-,15-,17+,18-,19-,20+,21-,22-/m1/s1. The van der Waals surface area contributed by atoms with Crippen molar-refractivity contribution in [3.8, 4) is 6.07 Å². The molecule has 24 heavy (non-hydrogen) atoms. The van der Waals surface area contributed by atoms with Crippen molar-refractivity contribution < 1.29 is 4.79 Å². The van der Waals surface area contributed by atoms with E-state index in [1.807, 2.05) is 6.08 Å². The molecule has 0 aromatic rings. The largest absolute Gasteiger partial charge is 0.295 e. The lowest BCUT2D eigenvalue weighted by Crippen LogP contribution is -2.49. The molecule has 0 saturated heterocycles. The summed E-state index contributed by atoms with van der Waals surface area (Å²) in [5, 5.41) is 9.78. The zero-order valence-corrected chi connectivity index (χ0v) is 15.0. The van der Waals surface area contributed by atoms with Crippen LogP contribution in [0.1, 0.15) is 58.8 Å². The number of carbonyl (C=O) groups excluding carboxylic acids is 1. The van der Waals surface area contributed by atoms with Crippen LogP contribution in [0.15, 0.2) is 11.6 Å². The molecule has 0 radical (unpaired) electrons. The topological polar surface area (TPSA) is 40.9 Å². The van der Waals surface area contributed by atoms with Crippen LogP contribution in [-0.2, 0) is 4.79 Å². The first-order valence-corrected chi connectivity index (χ1v) is 10.2. The van der Waals surface area contributed by atoms with Gasteiger partial charge in [-0.05, 0) is 91.4 Å². The number of fused-ring (bicyclic) bond motifs is 7. The zero-order valence-electron chi connectivity index (χ0n) is 15.0. The van der Waals surface area contributed by atoms with Crippen LogP contribution < -0.4 is 0 Å². The van der Waals surface area contributed by atoms with Gasteiger partial charge >= 0.3 is 0 Å². The van der Waals surface area contributed by atoms with Gasteiger partial charge in [0.25, 0.3) is 0 Å². The number of hydrogen-bond donors (Lipinski definition) is 0. The summed E-state index contributed by atoms with van der Waals surface area (Å²) in [6.07, 6.45) is 10.2. The normalized spacial score (nSPS) is 54.7. The van der Waals surface area contributed by atoms with Crippen LogP contribution in [-0.4, -0.2) is 5.78 Å². The maximum atomic E-state index is 12.0. The van der Waals surface area contributed by atoms with Gasteiger partial charge in [0.15, 0.2) is 5.78 Å². The van der Waals surface area contributed by atoms with E-state index in [1.165, 1.54) is 37.7 Å². The van der Waals surface area contributed by atoms with E-state index in [4.69, 9.17) is 0 Å². The molecule has 0 amide bonds. The van der Waals surface area contributed by atoms with E-state index in [-0.39, 0.29) is 5.41 Å². The third-order valence-electron chi connectivity index (χ3n) is 8.91. The molecule has 5 rings (SSSR count). The van der Waals surface area contributed by atoms with Gasteiger partial charge in [-0.15, -0.1) is 0 Å². The molecule has 4 saturated carbocycles. The van der Waals surface area contributed by atoms with Crippen LogP contribution in [0.25, 0.3) is 0 Å². The number of nitrogens with zero attached hydrogens (tertiary/aromatic N) is 1. The van der Waals surface area contributed by atoms with Crippen molar-refractivity contribution in [3.63, 3.8) is 0 Å². The third-order valence-corrected chi connectivity index (χ3v) is 8.91. The first-order valence-electron chi connectivity index (χ1n) is 10.2. The van der Waals surface area contributed by atoms with Gasteiger partial charge in [0.1, 0.15) is 0 Å². The predicted octanol–water partition coefficient (Wildman–Crippen LogP) is 4.76. The number of rotatable bonds is 1. The van der Waals surface area contributed by atoms with Crippen molar-refractivity contribution in [1.29, 1.82) is 5.26 Å². The van der Waals surface area contributed by atoms with Crippen molar-refractivity contribution in [3.05, 3.63) is 11.6 Å². The summed E-state index contributed by atoms with van der Waals surface area (Å²) in [7, 11) is 0. The molecule has 9 atom stereocenters. The van der Waals surface area contributed by atoms with Crippen LogP contribution >= 0.6 is 0 Å². The van der Waals surface area contributed by atoms with E-state index in [0.717, 1.165) is 36.5 Å². The number of carbonyl (C=O) groups is 1. The minimum Gasteiger partial charge on any atom is -0.295 e. The minimum atomic E-state index is 0.285. The number of hydrogen-bond acceptors (Lipinski definition) is 2. The average molecular weight is 323 g/mol. The Hall–Kier alpha value is -1.10. The van der Waals surface area contributed by atoms with Crippen molar-refractivity contribution >= 4 is 5.78 Å². The van der Waals surface area contributed by atoms with Crippen LogP contribution in [0.4, 0.5) is 0 Å². The smallest absolute Gasteiger partial charge is 0.155 e. The van der Waals surface area contributed by atoms with Gasteiger partial charge in [0, 0.05) is 6.42 Å². The van der Waals surface area contributed by atoms with Gasteiger partial charge in [-0.2, -0.15) is 5.26 Å². The van der Waals surface area contributed by atoms with E-state index in [2.05, 4.69) is 19.9 Å². The molecule has 0 spiro atoms. The highest BCUT2D eigenvalue weighted by Gasteiger charge is 2.69. The Morgan fingerprint density at radius 2 is 2.00 bits per heavy atom. The van der Waals surface area contributed by atoms with Crippen LogP contribution in [0.3, 0.4) is 0 Å². The molecule has 1 unspecified atom stereocenters. The van der Waals surface area contributed by atoms with E-state index in [1.54, 1.807) is 0 Å². The lowest BCUT2D eigenvalue weighted by molar-refractivity contribution is -0.116. The highest BCUT2D eigenvalue weighted by Crippen LogP contribution is 2.74. The van der Waals surface area contributed by atoms with Gasteiger partial charge in [-0.25, -0.2) is 0 Å². The SMILES string of the molecule is CCC1C[C@@H]2[C@H](CC[C@@]3(C)[C@H]2[C@@H]2C[C@@H]2[C@@H]3C#N)[C@H]2CCC(=O)C=C12. The second-order valence-corrected chi connectivity index (χ2v) is 9.66. The van der Waals surface area contributed by atoms with Crippen LogP contribution in [0, 0.1) is 64.1 Å².